The smallest absolute Gasteiger partial charge is 0.332 e. The van der Waals surface area contributed by atoms with Crippen LogP contribution < -0.4 is 17.0 Å². The Morgan fingerprint density at radius 2 is 1.93 bits per heavy atom. The molecule has 0 radical (unpaired) electrons. The van der Waals surface area contributed by atoms with Crippen molar-refractivity contribution in [1.82, 2.24) is 14.1 Å². The van der Waals surface area contributed by atoms with Gasteiger partial charge in [0.25, 0.3) is 5.56 Å². The van der Waals surface area contributed by atoms with Crippen LogP contribution in [0.1, 0.15) is 23.7 Å². The summed E-state index contributed by atoms with van der Waals surface area (Å²) in [4.78, 5) is 41.8. The topological polar surface area (TPSA) is 100.0 Å². The van der Waals surface area contributed by atoms with Gasteiger partial charge in [-0.05, 0) is 18.6 Å². The van der Waals surface area contributed by atoms with E-state index in [0.717, 1.165) is 15.5 Å². The van der Waals surface area contributed by atoms with Gasteiger partial charge in [0.05, 0.1) is 16.3 Å². The van der Waals surface area contributed by atoms with E-state index < -0.39 is 17.0 Å². The zero-order valence-electron chi connectivity index (χ0n) is 15.1. The van der Waals surface area contributed by atoms with Crippen LogP contribution in [0, 0.1) is 0 Å². The zero-order chi connectivity index (χ0) is 19.6. The summed E-state index contributed by atoms with van der Waals surface area (Å²) in [5, 5.41) is 1.69. The first-order valence-corrected chi connectivity index (χ1v) is 9.53. The van der Waals surface area contributed by atoms with Gasteiger partial charge in [0, 0.05) is 19.0 Å². The molecule has 0 saturated carbocycles. The minimum absolute atomic E-state index is 0.00904. The molecule has 0 bridgehead atoms. The van der Waals surface area contributed by atoms with E-state index in [0.29, 0.717) is 18.0 Å². The molecule has 1 aromatic carbocycles. The van der Waals surface area contributed by atoms with Gasteiger partial charge in [-0.2, -0.15) is 0 Å². The molecule has 140 valence electrons. The predicted molar refractivity (Wildman–Crippen MR) is 107 cm³/mol. The van der Waals surface area contributed by atoms with Gasteiger partial charge in [-0.25, -0.2) is 9.78 Å². The van der Waals surface area contributed by atoms with Gasteiger partial charge in [-0.3, -0.25) is 18.7 Å². The molecular formula is C19H20N4O3S. The van der Waals surface area contributed by atoms with Gasteiger partial charge in [0.1, 0.15) is 11.4 Å². The molecule has 3 aromatic rings. The van der Waals surface area contributed by atoms with Gasteiger partial charge in [0.15, 0.2) is 5.78 Å². The number of fused-ring (bicyclic) bond motifs is 1. The largest absolute Gasteiger partial charge is 0.384 e. The molecule has 2 N–H and O–H groups in total. The fraction of sp³-hybridized carbons (Fsp3) is 0.263. The third-order valence-electron chi connectivity index (χ3n) is 4.23. The maximum Gasteiger partial charge on any atom is 0.332 e. The van der Waals surface area contributed by atoms with Crippen LogP contribution in [0.2, 0.25) is 0 Å². The molecule has 0 spiro atoms. The lowest BCUT2D eigenvalue weighted by Gasteiger charge is -2.13. The summed E-state index contributed by atoms with van der Waals surface area (Å²) < 4.78 is 2.20. The van der Waals surface area contributed by atoms with Gasteiger partial charge in [-0.1, -0.05) is 43.0 Å². The van der Waals surface area contributed by atoms with Gasteiger partial charge < -0.3 is 5.73 Å². The molecule has 0 atom stereocenters. The number of nitrogens with zero attached hydrogens (tertiary/aromatic N) is 3. The highest BCUT2D eigenvalue weighted by Gasteiger charge is 2.21. The van der Waals surface area contributed by atoms with E-state index in [1.165, 1.54) is 23.4 Å². The normalized spacial score (nSPS) is 11.0. The van der Waals surface area contributed by atoms with E-state index in [-0.39, 0.29) is 17.1 Å². The summed E-state index contributed by atoms with van der Waals surface area (Å²) in [6.45, 7) is 2.23. The Morgan fingerprint density at radius 1 is 1.19 bits per heavy atom. The van der Waals surface area contributed by atoms with Crippen LogP contribution in [0.5, 0.6) is 0 Å². The Labute approximate surface area is 159 Å². The van der Waals surface area contributed by atoms with Crippen LogP contribution >= 0.6 is 11.8 Å². The third kappa shape index (κ3) is 3.66. The van der Waals surface area contributed by atoms with Crippen molar-refractivity contribution in [3.63, 3.8) is 0 Å². The molecule has 2 heterocycles. The number of nitrogen functional groups attached to an aromatic ring is 1. The Morgan fingerprint density at radius 3 is 2.67 bits per heavy atom. The third-order valence-corrected chi connectivity index (χ3v) is 5.16. The number of benzene rings is 1. The summed E-state index contributed by atoms with van der Waals surface area (Å²) in [5.74, 6) is -0.477. The fourth-order valence-electron chi connectivity index (χ4n) is 2.82. The predicted octanol–water partition coefficient (Wildman–Crippen LogP) is 2.06. The minimum atomic E-state index is -0.665. The van der Waals surface area contributed by atoms with Crippen LogP contribution in [0.25, 0.3) is 10.9 Å². The van der Waals surface area contributed by atoms with Crippen molar-refractivity contribution in [2.75, 3.05) is 11.5 Å². The van der Waals surface area contributed by atoms with Crippen molar-refractivity contribution in [3.05, 3.63) is 62.8 Å². The Kier molecular flexibility index (Phi) is 5.46. The molecule has 0 fully saturated rings. The lowest BCUT2D eigenvalue weighted by molar-refractivity contribution is 0.102. The average molecular weight is 384 g/mol. The zero-order valence-corrected chi connectivity index (χ0v) is 16.0. The molecule has 8 heteroatoms. The second-order valence-corrected chi connectivity index (χ2v) is 7.11. The Bertz CT molecular complexity index is 1130. The van der Waals surface area contributed by atoms with E-state index in [9.17, 15) is 14.4 Å². The number of para-hydroxylation sites is 1. The summed E-state index contributed by atoms with van der Waals surface area (Å²) >= 11 is 1.23. The first kappa shape index (κ1) is 18.9. The van der Waals surface area contributed by atoms with Crippen LogP contribution in [0.4, 0.5) is 5.82 Å². The van der Waals surface area contributed by atoms with E-state index in [1.54, 1.807) is 0 Å². The number of ketones is 1. The average Bonchev–Trinajstić information content (AvgIpc) is 2.68. The number of aromatic nitrogens is 3. The summed E-state index contributed by atoms with van der Waals surface area (Å²) in [6, 6.07) is 11.5. The maximum atomic E-state index is 12.7. The lowest BCUT2D eigenvalue weighted by atomic mass is 10.2. The summed E-state index contributed by atoms with van der Waals surface area (Å²) in [7, 11) is 1.35. The van der Waals surface area contributed by atoms with E-state index in [4.69, 9.17) is 5.73 Å². The molecule has 0 aliphatic carbocycles. The number of hydrogen-bond donors (Lipinski definition) is 1. The summed E-state index contributed by atoms with van der Waals surface area (Å²) in [5.41, 5.74) is 5.50. The van der Waals surface area contributed by atoms with Crippen molar-refractivity contribution in [3.8, 4) is 0 Å². The minimum Gasteiger partial charge on any atom is -0.384 e. The highest BCUT2D eigenvalue weighted by atomic mass is 32.2. The molecule has 0 aliphatic rings. The number of Topliss-reactive ketones (excluding diaryl/α,β-unsaturated/α-hetero) is 1. The molecule has 0 aliphatic heterocycles. The van der Waals surface area contributed by atoms with Crippen LogP contribution in [-0.4, -0.2) is 25.7 Å². The van der Waals surface area contributed by atoms with Gasteiger partial charge >= 0.3 is 5.69 Å². The molecule has 3 rings (SSSR count). The Balaban J connectivity index is 1.89. The van der Waals surface area contributed by atoms with Gasteiger partial charge in [0.2, 0.25) is 0 Å². The number of nitrogens with two attached hydrogens (primary N) is 1. The van der Waals surface area contributed by atoms with Crippen LogP contribution in [0.3, 0.4) is 0 Å². The van der Waals surface area contributed by atoms with Crippen molar-refractivity contribution in [1.29, 1.82) is 0 Å². The number of thioether (sulfide) groups is 1. The number of carbonyl (C=O) groups excluding carboxylic acids is 1. The quantitative estimate of drug-likeness (QED) is 0.516. The number of rotatable bonds is 6. The second-order valence-electron chi connectivity index (χ2n) is 6.11. The van der Waals surface area contributed by atoms with E-state index in [2.05, 4.69) is 4.98 Å². The van der Waals surface area contributed by atoms with Crippen LogP contribution in [0.15, 0.2) is 51.0 Å². The first-order valence-electron chi connectivity index (χ1n) is 8.55. The van der Waals surface area contributed by atoms with Gasteiger partial charge in [-0.15, -0.1) is 0 Å². The highest BCUT2D eigenvalue weighted by Crippen LogP contribution is 2.21. The highest BCUT2D eigenvalue weighted by molar-refractivity contribution is 7.99. The number of carbonyl (C=O) groups is 1. The van der Waals surface area contributed by atoms with Crippen molar-refractivity contribution >= 4 is 34.3 Å². The van der Waals surface area contributed by atoms with E-state index in [1.807, 2.05) is 43.3 Å². The molecule has 0 unspecified atom stereocenters. The molecule has 2 aromatic heterocycles. The summed E-state index contributed by atoms with van der Waals surface area (Å²) in [6.07, 6.45) is 0.658. The standard InChI is InChI=1S/C19H20N4O3S/c1-3-10-23-17(20)16(18(25)22(2)19(23)26)14(24)11-27-15-9-8-12-6-4-5-7-13(12)21-15/h4-9H,3,10-11,20H2,1-2H3. The van der Waals surface area contributed by atoms with Crippen molar-refractivity contribution in [2.45, 2.75) is 24.9 Å². The maximum absolute atomic E-state index is 12.7. The SMILES string of the molecule is CCCn1c(N)c(C(=O)CSc2ccc3ccccc3n2)c(=O)n(C)c1=O. The first-order chi connectivity index (χ1) is 12.9. The molecular weight excluding hydrogens is 364 g/mol. The molecule has 27 heavy (non-hydrogen) atoms. The number of hydrogen-bond acceptors (Lipinski definition) is 6. The Hall–Kier alpha value is -2.87. The molecule has 0 saturated heterocycles. The second kappa shape index (κ2) is 7.79. The molecule has 0 amide bonds. The fourth-order valence-corrected chi connectivity index (χ4v) is 3.57. The number of anilines is 1. The van der Waals surface area contributed by atoms with E-state index >= 15 is 0 Å². The lowest BCUT2D eigenvalue weighted by Crippen LogP contribution is -2.42. The van der Waals surface area contributed by atoms with Crippen LogP contribution in [-0.2, 0) is 13.6 Å². The molecule has 7 nitrogen and oxygen atoms in total. The van der Waals surface area contributed by atoms with Crippen molar-refractivity contribution in [2.24, 2.45) is 7.05 Å². The monoisotopic (exact) mass is 384 g/mol. The van der Waals surface area contributed by atoms with Crippen molar-refractivity contribution < 1.29 is 4.79 Å². The number of pyridine rings is 1.